The molecular formula is C22H19NO2. The van der Waals surface area contributed by atoms with Crippen molar-refractivity contribution < 1.29 is 9.59 Å². The molecule has 1 N–H and O–H groups in total. The van der Waals surface area contributed by atoms with E-state index < -0.39 is 0 Å². The van der Waals surface area contributed by atoms with Crippen molar-refractivity contribution in [1.29, 1.82) is 0 Å². The van der Waals surface area contributed by atoms with Crippen LogP contribution in [0.15, 0.2) is 78.9 Å². The Morgan fingerprint density at radius 1 is 0.720 bits per heavy atom. The molecule has 0 radical (unpaired) electrons. The maximum absolute atomic E-state index is 12.4. The zero-order chi connectivity index (χ0) is 17.6. The summed E-state index contributed by atoms with van der Waals surface area (Å²) in [5, 5.41) is 2.85. The number of aryl methyl sites for hydroxylation is 1. The molecule has 0 aromatic heterocycles. The minimum atomic E-state index is -0.162. The van der Waals surface area contributed by atoms with Gasteiger partial charge >= 0.3 is 0 Å². The quantitative estimate of drug-likeness (QED) is 0.688. The molecule has 3 nitrogen and oxygen atoms in total. The van der Waals surface area contributed by atoms with Gasteiger partial charge in [0.15, 0.2) is 5.78 Å². The summed E-state index contributed by atoms with van der Waals surface area (Å²) < 4.78 is 0. The summed E-state index contributed by atoms with van der Waals surface area (Å²) in [5.74, 6) is -0.196. The van der Waals surface area contributed by atoms with Gasteiger partial charge < -0.3 is 5.32 Å². The standard InChI is InChI=1S/C22H19NO2/c1-2-16-8-10-19(11-9-16)22(25)23-20-14-12-18(13-15-20)21(24)17-6-4-3-5-7-17/h3-15H,2H2,1H3,(H,23,25). The molecule has 124 valence electrons. The highest BCUT2D eigenvalue weighted by molar-refractivity contribution is 6.09. The number of amides is 1. The lowest BCUT2D eigenvalue weighted by Gasteiger charge is -2.07. The Kier molecular flexibility index (Phi) is 5.05. The number of benzene rings is 3. The molecule has 0 fully saturated rings. The lowest BCUT2D eigenvalue weighted by molar-refractivity contribution is 0.102. The third-order valence-corrected chi connectivity index (χ3v) is 4.07. The second-order valence-electron chi connectivity index (χ2n) is 5.78. The number of hydrogen-bond acceptors (Lipinski definition) is 2. The number of nitrogens with one attached hydrogen (secondary N) is 1. The summed E-state index contributed by atoms with van der Waals surface area (Å²) in [6.45, 7) is 2.08. The molecule has 1 amide bonds. The molecule has 0 saturated carbocycles. The molecule has 3 heteroatoms. The number of ketones is 1. The van der Waals surface area contributed by atoms with Crippen LogP contribution in [0.2, 0.25) is 0 Å². The van der Waals surface area contributed by atoms with Crippen LogP contribution < -0.4 is 5.32 Å². The van der Waals surface area contributed by atoms with E-state index >= 15 is 0 Å². The SMILES string of the molecule is CCc1ccc(C(=O)Nc2ccc(C(=O)c3ccccc3)cc2)cc1. The van der Waals surface area contributed by atoms with Gasteiger partial charge in [0.25, 0.3) is 5.91 Å². The van der Waals surface area contributed by atoms with Crippen molar-refractivity contribution in [1.82, 2.24) is 0 Å². The minimum absolute atomic E-state index is 0.0337. The number of carbonyl (C=O) groups excluding carboxylic acids is 2. The first kappa shape index (κ1) is 16.7. The normalized spacial score (nSPS) is 10.3. The van der Waals surface area contributed by atoms with Gasteiger partial charge in [-0.1, -0.05) is 49.4 Å². The van der Waals surface area contributed by atoms with E-state index in [1.807, 2.05) is 42.5 Å². The molecule has 0 spiro atoms. The summed E-state index contributed by atoms with van der Waals surface area (Å²) >= 11 is 0. The van der Waals surface area contributed by atoms with Crippen molar-refractivity contribution in [3.63, 3.8) is 0 Å². The van der Waals surface area contributed by atoms with Crippen molar-refractivity contribution >= 4 is 17.4 Å². The molecule has 25 heavy (non-hydrogen) atoms. The Labute approximate surface area is 147 Å². The van der Waals surface area contributed by atoms with E-state index in [1.54, 1.807) is 36.4 Å². The minimum Gasteiger partial charge on any atom is -0.322 e. The second kappa shape index (κ2) is 7.58. The molecule has 0 aliphatic rings. The monoisotopic (exact) mass is 329 g/mol. The van der Waals surface area contributed by atoms with Crippen molar-refractivity contribution in [2.24, 2.45) is 0 Å². The summed E-state index contributed by atoms with van der Waals surface area (Å²) in [6, 6.07) is 23.6. The Balaban J connectivity index is 1.69. The van der Waals surface area contributed by atoms with Crippen LogP contribution >= 0.6 is 0 Å². The Bertz CT molecular complexity index is 866. The number of hydrogen-bond donors (Lipinski definition) is 1. The van der Waals surface area contributed by atoms with E-state index in [0.29, 0.717) is 22.4 Å². The predicted octanol–water partition coefficient (Wildman–Crippen LogP) is 4.73. The average molecular weight is 329 g/mol. The number of rotatable bonds is 5. The first-order valence-corrected chi connectivity index (χ1v) is 8.27. The average Bonchev–Trinajstić information content (AvgIpc) is 2.68. The summed E-state index contributed by atoms with van der Waals surface area (Å²) in [7, 11) is 0. The van der Waals surface area contributed by atoms with Gasteiger partial charge in [-0.3, -0.25) is 9.59 Å². The molecule has 0 aliphatic carbocycles. The van der Waals surface area contributed by atoms with Crippen molar-refractivity contribution in [2.45, 2.75) is 13.3 Å². The zero-order valence-corrected chi connectivity index (χ0v) is 14.0. The van der Waals surface area contributed by atoms with Crippen LogP contribution in [-0.4, -0.2) is 11.7 Å². The van der Waals surface area contributed by atoms with Gasteiger partial charge in [-0.25, -0.2) is 0 Å². The smallest absolute Gasteiger partial charge is 0.255 e. The van der Waals surface area contributed by atoms with Crippen LogP contribution in [0.25, 0.3) is 0 Å². The number of anilines is 1. The molecule has 3 rings (SSSR count). The third kappa shape index (κ3) is 4.01. The molecule has 0 atom stereocenters. The first-order valence-electron chi connectivity index (χ1n) is 8.27. The topological polar surface area (TPSA) is 46.2 Å². The maximum atomic E-state index is 12.4. The van der Waals surface area contributed by atoms with Crippen molar-refractivity contribution in [3.05, 3.63) is 101 Å². The lowest BCUT2D eigenvalue weighted by Crippen LogP contribution is -2.12. The molecule has 0 unspecified atom stereocenters. The largest absolute Gasteiger partial charge is 0.322 e. The fourth-order valence-corrected chi connectivity index (χ4v) is 2.56. The van der Waals surface area contributed by atoms with Crippen LogP contribution in [-0.2, 0) is 6.42 Å². The van der Waals surface area contributed by atoms with E-state index in [2.05, 4.69) is 12.2 Å². The van der Waals surface area contributed by atoms with Gasteiger partial charge in [0, 0.05) is 22.4 Å². The van der Waals surface area contributed by atoms with Gasteiger partial charge in [0.2, 0.25) is 0 Å². The van der Waals surface area contributed by atoms with Gasteiger partial charge in [-0.05, 0) is 48.4 Å². The molecule has 0 bridgehead atoms. The van der Waals surface area contributed by atoms with Crippen LogP contribution in [0.4, 0.5) is 5.69 Å². The molecule has 3 aromatic rings. The number of carbonyl (C=O) groups is 2. The lowest BCUT2D eigenvalue weighted by atomic mass is 10.0. The Morgan fingerprint density at radius 2 is 1.28 bits per heavy atom. The summed E-state index contributed by atoms with van der Waals surface area (Å²) in [6.07, 6.45) is 0.943. The van der Waals surface area contributed by atoms with Crippen LogP contribution in [0.1, 0.15) is 38.8 Å². The third-order valence-electron chi connectivity index (χ3n) is 4.07. The summed E-state index contributed by atoms with van der Waals surface area (Å²) in [4.78, 5) is 24.7. The van der Waals surface area contributed by atoms with E-state index in [-0.39, 0.29) is 11.7 Å². The van der Waals surface area contributed by atoms with Gasteiger partial charge in [0.1, 0.15) is 0 Å². The first-order chi connectivity index (χ1) is 12.2. The second-order valence-corrected chi connectivity index (χ2v) is 5.78. The fraction of sp³-hybridized carbons (Fsp3) is 0.0909. The van der Waals surface area contributed by atoms with Crippen LogP contribution in [0.3, 0.4) is 0 Å². The summed E-state index contributed by atoms with van der Waals surface area (Å²) in [5.41, 5.74) is 3.71. The van der Waals surface area contributed by atoms with E-state index in [1.165, 1.54) is 5.56 Å². The highest BCUT2D eigenvalue weighted by atomic mass is 16.1. The van der Waals surface area contributed by atoms with Crippen molar-refractivity contribution in [3.8, 4) is 0 Å². The van der Waals surface area contributed by atoms with E-state index in [9.17, 15) is 9.59 Å². The van der Waals surface area contributed by atoms with Gasteiger partial charge in [-0.2, -0.15) is 0 Å². The molecule has 3 aromatic carbocycles. The molecule has 0 heterocycles. The highest BCUT2D eigenvalue weighted by Gasteiger charge is 2.10. The molecular weight excluding hydrogens is 310 g/mol. The molecule has 0 aliphatic heterocycles. The van der Waals surface area contributed by atoms with Gasteiger partial charge in [-0.15, -0.1) is 0 Å². The highest BCUT2D eigenvalue weighted by Crippen LogP contribution is 2.15. The van der Waals surface area contributed by atoms with Crippen LogP contribution in [0.5, 0.6) is 0 Å². The van der Waals surface area contributed by atoms with E-state index in [4.69, 9.17) is 0 Å². The predicted molar refractivity (Wildman–Crippen MR) is 100 cm³/mol. The van der Waals surface area contributed by atoms with Gasteiger partial charge in [0.05, 0.1) is 0 Å². The fourth-order valence-electron chi connectivity index (χ4n) is 2.56. The maximum Gasteiger partial charge on any atom is 0.255 e. The van der Waals surface area contributed by atoms with Crippen LogP contribution in [0, 0.1) is 0 Å². The molecule has 0 saturated heterocycles. The van der Waals surface area contributed by atoms with Crippen molar-refractivity contribution in [2.75, 3.05) is 5.32 Å². The Hall–Kier alpha value is -3.20. The van der Waals surface area contributed by atoms with E-state index in [0.717, 1.165) is 6.42 Å². The Morgan fingerprint density at radius 3 is 1.88 bits per heavy atom. The zero-order valence-electron chi connectivity index (χ0n) is 14.0.